The lowest BCUT2D eigenvalue weighted by Gasteiger charge is -2.15. The van der Waals surface area contributed by atoms with Gasteiger partial charge in [0, 0.05) is 37.0 Å². The number of hydrogen-bond donors (Lipinski definition) is 1. The highest BCUT2D eigenvalue weighted by Gasteiger charge is 2.34. The maximum atomic E-state index is 13.0. The number of benzene rings is 1. The second-order valence-corrected chi connectivity index (χ2v) is 7.93. The number of rotatable bonds is 6. The quantitative estimate of drug-likeness (QED) is 0.863. The standard InChI is InChI=1S/C19H22FN3OS/c20-14-3-1-13(2-4-14)9-19-22-16(12-25-19)10-18(24)21-15-7-8-23(11-15)17-5-6-17/h1-4,12,15,17H,5-11H2,(H,21,24)/t15-/m1/s1. The molecule has 1 aliphatic heterocycles. The van der Waals surface area contributed by atoms with Gasteiger partial charge in [0.15, 0.2) is 0 Å². The molecule has 1 N–H and O–H groups in total. The second-order valence-electron chi connectivity index (χ2n) is 6.99. The maximum absolute atomic E-state index is 13.0. The van der Waals surface area contributed by atoms with Gasteiger partial charge in [0.05, 0.1) is 17.1 Å². The second kappa shape index (κ2) is 7.22. The van der Waals surface area contributed by atoms with E-state index >= 15 is 0 Å². The third-order valence-corrected chi connectivity index (χ3v) is 5.76. The fraction of sp³-hybridized carbons (Fsp3) is 0.474. The molecular weight excluding hydrogens is 337 g/mol. The van der Waals surface area contributed by atoms with E-state index in [4.69, 9.17) is 0 Å². The molecule has 1 aromatic carbocycles. The molecule has 4 rings (SSSR count). The van der Waals surface area contributed by atoms with Crippen molar-refractivity contribution in [2.45, 2.75) is 44.2 Å². The van der Waals surface area contributed by atoms with Crippen LogP contribution in [0.4, 0.5) is 4.39 Å². The van der Waals surface area contributed by atoms with Crippen molar-refractivity contribution in [2.24, 2.45) is 0 Å². The summed E-state index contributed by atoms with van der Waals surface area (Å²) in [7, 11) is 0. The van der Waals surface area contributed by atoms with Crippen LogP contribution in [0.15, 0.2) is 29.6 Å². The maximum Gasteiger partial charge on any atom is 0.226 e. The number of nitrogens with zero attached hydrogens (tertiary/aromatic N) is 2. The third kappa shape index (κ3) is 4.44. The van der Waals surface area contributed by atoms with Gasteiger partial charge in [-0.3, -0.25) is 9.69 Å². The molecule has 1 saturated carbocycles. The summed E-state index contributed by atoms with van der Waals surface area (Å²) in [5.74, 6) is -0.173. The number of aromatic nitrogens is 1. The Hall–Kier alpha value is -1.79. The fourth-order valence-electron chi connectivity index (χ4n) is 3.41. The van der Waals surface area contributed by atoms with E-state index in [2.05, 4.69) is 15.2 Å². The van der Waals surface area contributed by atoms with Crippen LogP contribution >= 0.6 is 11.3 Å². The van der Waals surface area contributed by atoms with Crippen LogP contribution in [-0.4, -0.2) is 41.0 Å². The number of likely N-dealkylation sites (tertiary alicyclic amines) is 1. The van der Waals surface area contributed by atoms with E-state index in [0.717, 1.165) is 41.8 Å². The van der Waals surface area contributed by atoms with Gasteiger partial charge >= 0.3 is 0 Å². The number of carbonyl (C=O) groups excluding carboxylic acids is 1. The Morgan fingerprint density at radius 3 is 2.84 bits per heavy atom. The zero-order valence-corrected chi connectivity index (χ0v) is 14.9. The minimum Gasteiger partial charge on any atom is -0.352 e. The minimum atomic E-state index is -0.229. The number of carbonyl (C=O) groups is 1. The highest BCUT2D eigenvalue weighted by atomic mass is 32.1. The van der Waals surface area contributed by atoms with Crippen molar-refractivity contribution < 1.29 is 9.18 Å². The minimum absolute atomic E-state index is 0.0567. The van der Waals surface area contributed by atoms with Gasteiger partial charge in [0.25, 0.3) is 0 Å². The van der Waals surface area contributed by atoms with E-state index in [9.17, 15) is 9.18 Å². The molecule has 6 heteroatoms. The molecule has 25 heavy (non-hydrogen) atoms. The summed E-state index contributed by atoms with van der Waals surface area (Å²) in [6, 6.07) is 7.52. The summed E-state index contributed by atoms with van der Waals surface area (Å²) in [4.78, 5) is 19.3. The van der Waals surface area contributed by atoms with Crippen LogP contribution in [-0.2, 0) is 17.6 Å². The highest BCUT2D eigenvalue weighted by Crippen LogP contribution is 2.29. The first-order valence-corrected chi connectivity index (χ1v) is 9.75. The Labute approximate surface area is 151 Å². The van der Waals surface area contributed by atoms with Crippen LogP contribution in [0.5, 0.6) is 0 Å². The molecule has 0 bridgehead atoms. The van der Waals surface area contributed by atoms with Crippen molar-refractivity contribution in [3.63, 3.8) is 0 Å². The van der Waals surface area contributed by atoms with E-state index in [1.54, 1.807) is 23.5 Å². The van der Waals surface area contributed by atoms with Crippen LogP contribution in [0.2, 0.25) is 0 Å². The van der Waals surface area contributed by atoms with E-state index in [0.29, 0.717) is 12.8 Å². The first-order valence-electron chi connectivity index (χ1n) is 8.87. The molecule has 0 unspecified atom stereocenters. The van der Waals surface area contributed by atoms with Gasteiger partial charge in [-0.25, -0.2) is 9.37 Å². The lowest BCUT2D eigenvalue weighted by molar-refractivity contribution is -0.121. The van der Waals surface area contributed by atoms with Crippen molar-refractivity contribution in [3.8, 4) is 0 Å². The molecule has 0 radical (unpaired) electrons. The lowest BCUT2D eigenvalue weighted by atomic mass is 10.1. The SMILES string of the molecule is O=C(Cc1csc(Cc2ccc(F)cc2)n1)N[C@@H]1CCN(C2CC2)C1. The predicted octanol–water partition coefficient (Wildman–Crippen LogP) is 2.77. The Morgan fingerprint density at radius 1 is 1.28 bits per heavy atom. The Morgan fingerprint density at radius 2 is 2.08 bits per heavy atom. The van der Waals surface area contributed by atoms with Crippen LogP contribution in [0.1, 0.15) is 35.5 Å². The van der Waals surface area contributed by atoms with E-state index in [-0.39, 0.29) is 17.8 Å². The highest BCUT2D eigenvalue weighted by molar-refractivity contribution is 7.09. The summed E-state index contributed by atoms with van der Waals surface area (Å²) in [5, 5.41) is 6.05. The Kier molecular flexibility index (Phi) is 4.81. The molecule has 1 aromatic heterocycles. The number of nitrogens with one attached hydrogen (secondary N) is 1. The molecule has 1 amide bonds. The molecule has 1 aliphatic carbocycles. The zero-order valence-electron chi connectivity index (χ0n) is 14.1. The van der Waals surface area contributed by atoms with E-state index < -0.39 is 0 Å². The molecule has 0 spiro atoms. The van der Waals surface area contributed by atoms with Gasteiger partial charge in [-0.15, -0.1) is 11.3 Å². The van der Waals surface area contributed by atoms with Crippen LogP contribution in [0.3, 0.4) is 0 Å². The van der Waals surface area contributed by atoms with E-state index in [1.165, 1.54) is 25.0 Å². The molecular formula is C19H22FN3OS. The van der Waals surface area contributed by atoms with Crippen LogP contribution < -0.4 is 5.32 Å². The molecule has 2 fully saturated rings. The van der Waals surface area contributed by atoms with Crippen LogP contribution in [0, 0.1) is 5.82 Å². The van der Waals surface area contributed by atoms with Crippen molar-refractivity contribution in [3.05, 3.63) is 51.7 Å². The first-order chi connectivity index (χ1) is 12.2. The smallest absolute Gasteiger partial charge is 0.226 e. The fourth-order valence-corrected chi connectivity index (χ4v) is 4.24. The molecule has 4 nitrogen and oxygen atoms in total. The summed E-state index contributed by atoms with van der Waals surface area (Å²) in [6.07, 6.45) is 4.69. The third-order valence-electron chi connectivity index (χ3n) is 4.86. The van der Waals surface area contributed by atoms with Crippen molar-refractivity contribution in [1.82, 2.24) is 15.2 Å². The largest absolute Gasteiger partial charge is 0.352 e. The molecule has 2 aromatic rings. The van der Waals surface area contributed by atoms with Gasteiger partial charge in [-0.1, -0.05) is 12.1 Å². The van der Waals surface area contributed by atoms with Crippen LogP contribution in [0.25, 0.3) is 0 Å². The Bertz CT molecular complexity index is 741. The normalized spacial score (nSPS) is 20.8. The molecule has 2 aliphatic rings. The summed E-state index contributed by atoms with van der Waals surface area (Å²) < 4.78 is 13.0. The number of halogens is 1. The number of hydrogen-bond acceptors (Lipinski definition) is 4. The lowest BCUT2D eigenvalue weighted by Crippen LogP contribution is -2.38. The van der Waals surface area contributed by atoms with Crippen molar-refractivity contribution >= 4 is 17.2 Å². The molecule has 1 saturated heterocycles. The van der Waals surface area contributed by atoms with Crippen molar-refractivity contribution in [1.29, 1.82) is 0 Å². The summed E-state index contributed by atoms with van der Waals surface area (Å²) in [6.45, 7) is 2.09. The first kappa shape index (κ1) is 16.7. The van der Waals surface area contributed by atoms with Gasteiger partial charge in [0.1, 0.15) is 5.82 Å². The van der Waals surface area contributed by atoms with Crippen molar-refractivity contribution in [2.75, 3.05) is 13.1 Å². The monoisotopic (exact) mass is 359 g/mol. The number of amides is 1. The summed E-state index contributed by atoms with van der Waals surface area (Å²) in [5.41, 5.74) is 1.84. The number of thiazole rings is 1. The van der Waals surface area contributed by atoms with Gasteiger partial charge in [-0.2, -0.15) is 0 Å². The van der Waals surface area contributed by atoms with E-state index in [1.807, 2.05) is 5.38 Å². The van der Waals surface area contributed by atoms with Gasteiger partial charge in [0.2, 0.25) is 5.91 Å². The van der Waals surface area contributed by atoms with Gasteiger partial charge < -0.3 is 5.32 Å². The average Bonchev–Trinajstić information content (AvgIpc) is 3.19. The Balaban J connectivity index is 1.27. The van der Waals surface area contributed by atoms with Gasteiger partial charge in [-0.05, 0) is 37.0 Å². The summed E-state index contributed by atoms with van der Waals surface area (Å²) >= 11 is 1.55. The topological polar surface area (TPSA) is 45.2 Å². The predicted molar refractivity (Wildman–Crippen MR) is 96.2 cm³/mol. The zero-order chi connectivity index (χ0) is 17.2. The average molecular weight is 359 g/mol. The molecule has 132 valence electrons. The molecule has 1 atom stereocenters. The molecule has 2 heterocycles.